The Morgan fingerprint density at radius 2 is 1.86 bits per heavy atom. The summed E-state index contributed by atoms with van der Waals surface area (Å²) in [4.78, 5) is 23.3. The lowest BCUT2D eigenvalue weighted by Gasteiger charge is -2.10. The van der Waals surface area contributed by atoms with E-state index < -0.39 is 0 Å². The standard InChI is InChI=1S/C16H21NO4/c1-20-14-8-6-12(7-9-14)10-17-15(18)11-21-16(19)13-4-2-3-5-13/h6-9,13H,2-5,10-11H2,1H3,(H,17,18). The average Bonchev–Trinajstić information content (AvgIpc) is 3.05. The Hall–Kier alpha value is -2.04. The number of benzene rings is 1. The minimum atomic E-state index is -0.280. The molecule has 1 aromatic rings. The van der Waals surface area contributed by atoms with Gasteiger partial charge in [0.1, 0.15) is 5.75 Å². The van der Waals surface area contributed by atoms with Crippen LogP contribution in [0.1, 0.15) is 31.2 Å². The number of methoxy groups -OCH3 is 1. The number of carbonyl (C=O) groups excluding carboxylic acids is 2. The maximum absolute atomic E-state index is 11.7. The normalized spacial score (nSPS) is 14.7. The van der Waals surface area contributed by atoms with Crippen LogP contribution in [-0.4, -0.2) is 25.6 Å². The van der Waals surface area contributed by atoms with Crippen molar-refractivity contribution in [3.63, 3.8) is 0 Å². The number of esters is 1. The molecule has 1 aliphatic rings. The van der Waals surface area contributed by atoms with Gasteiger partial charge in [-0.05, 0) is 30.5 Å². The third kappa shape index (κ3) is 4.77. The van der Waals surface area contributed by atoms with E-state index >= 15 is 0 Å². The minimum Gasteiger partial charge on any atom is -0.497 e. The zero-order chi connectivity index (χ0) is 15.1. The fourth-order valence-corrected chi connectivity index (χ4v) is 2.41. The number of amides is 1. The van der Waals surface area contributed by atoms with Crippen LogP contribution in [0.2, 0.25) is 0 Å². The highest BCUT2D eigenvalue weighted by molar-refractivity contribution is 5.81. The quantitative estimate of drug-likeness (QED) is 0.815. The Kier molecular flexibility index (Phi) is 5.60. The molecule has 0 aliphatic heterocycles. The molecular weight excluding hydrogens is 270 g/mol. The maximum atomic E-state index is 11.7. The van der Waals surface area contributed by atoms with E-state index in [0.29, 0.717) is 6.54 Å². The third-order valence-electron chi connectivity index (χ3n) is 3.68. The Morgan fingerprint density at radius 1 is 1.19 bits per heavy atom. The Balaban J connectivity index is 1.67. The molecule has 5 nitrogen and oxygen atoms in total. The van der Waals surface area contributed by atoms with Gasteiger partial charge in [0.25, 0.3) is 5.91 Å². The van der Waals surface area contributed by atoms with Gasteiger partial charge in [-0.3, -0.25) is 9.59 Å². The second kappa shape index (κ2) is 7.67. The van der Waals surface area contributed by atoms with Crippen LogP contribution in [0.5, 0.6) is 5.75 Å². The second-order valence-corrected chi connectivity index (χ2v) is 5.21. The zero-order valence-electron chi connectivity index (χ0n) is 12.3. The number of rotatable bonds is 6. The predicted molar refractivity (Wildman–Crippen MR) is 77.8 cm³/mol. The van der Waals surface area contributed by atoms with Crippen LogP contribution in [-0.2, 0) is 20.9 Å². The molecule has 1 amide bonds. The highest BCUT2D eigenvalue weighted by atomic mass is 16.5. The molecule has 0 heterocycles. The summed E-state index contributed by atoms with van der Waals surface area (Å²) in [5.41, 5.74) is 0.964. The van der Waals surface area contributed by atoms with Crippen molar-refractivity contribution in [2.45, 2.75) is 32.2 Å². The molecule has 114 valence electrons. The fourth-order valence-electron chi connectivity index (χ4n) is 2.41. The van der Waals surface area contributed by atoms with Crippen molar-refractivity contribution in [1.82, 2.24) is 5.32 Å². The van der Waals surface area contributed by atoms with Crippen LogP contribution in [0, 0.1) is 5.92 Å². The summed E-state index contributed by atoms with van der Waals surface area (Å²) in [6.45, 7) is 0.204. The van der Waals surface area contributed by atoms with E-state index in [1.807, 2.05) is 24.3 Å². The van der Waals surface area contributed by atoms with Crippen LogP contribution >= 0.6 is 0 Å². The third-order valence-corrected chi connectivity index (χ3v) is 3.68. The highest BCUT2D eigenvalue weighted by Crippen LogP contribution is 2.25. The van der Waals surface area contributed by atoms with Gasteiger partial charge in [0.2, 0.25) is 0 Å². The van der Waals surface area contributed by atoms with Gasteiger partial charge >= 0.3 is 5.97 Å². The molecular formula is C16H21NO4. The van der Waals surface area contributed by atoms with Gasteiger partial charge in [0.15, 0.2) is 6.61 Å². The van der Waals surface area contributed by atoms with Crippen molar-refractivity contribution in [2.24, 2.45) is 5.92 Å². The minimum absolute atomic E-state index is 0.0145. The smallest absolute Gasteiger partial charge is 0.309 e. The van der Waals surface area contributed by atoms with Crippen molar-refractivity contribution < 1.29 is 19.1 Å². The van der Waals surface area contributed by atoms with Gasteiger partial charge in [-0.25, -0.2) is 0 Å². The van der Waals surface area contributed by atoms with Crippen LogP contribution in [0.15, 0.2) is 24.3 Å². The second-order valence-electron chi connectivity index (χ2n) is 5.21. The summed E-state index contributed by atoms with van der Waals surface area (Å²) in [5, 5.41) is 2.73. The first-order valence-corrected chi connectivity index (χ1v) is 7.25. The van der Waals surface area contributed by atoms with Gasteiger partial charge in [-0.15, -0.1) is 0 Å². The molecule has 1 N–H and O–H groups in total. The molecule has 0 unspecified atom stereocenters. The van der Waals surface area contributed by atoms with E-state index in [4.69, 9.17) is 9.47 Å². The van der Waals surface area contributed by atoms with E-state index in [0.717, 1.165) is 37.0 Å². The molecule has 1 fully saturated rings. The highest BCUT2D eigenvalue weighted by Gasteiger charge is 2.24. The predicted octanol–water partition coefficient (Wildman–Crippen LogP) is 2.04. The van der Waals surface area contributed by atoms with E-state index in [1.54, 1.807) is 7.11 Å². The van der Waals surface area contributed by atoms with Gasteiger partial charge in [-0.2, -0.15) is 0 Å². The summed E-state index contributed by atoms with van der Waals surface area (Å²) in [7, 11) is 1.61. The number of hydrogen-bond donors (Lipinski definition) is 1. The molecule has 1 aliphatic carbocycles. The van der Waals surface area contributed by atoms with Crippen LogP contribution in [0.4, 0.5) is 0 Å². The fraction of sp³-hybridized carbons (Fsp3) is 0.500. The van der Waals surface area contributed by atoms with Crippen LogP contribution in [0.3, 0.4) is 0 Å². The largest absolute Gasteiger partial charge is 0.497 e. The molecule has 0 spiro atoms. The molecule has 1 saturated carbocycles. The van der Waals surface area contributed by atoms with E-state index in [2.05, 4.69) is 5.32 Å². The summed E-state index contributed by atoms with van der Waals surface area (Å²) < 4.78 is 10.1. The van der Waals surface area contributed by atoms with E-state index in [-0.39, 0.29) is 24.4 Å². The molecule has 0 bridgehead atoms. The average molecular weight is 291 g/mol. The number of carbonyl (C=O) groups is 2. The van der Waals surface area contributed by atoms with Crippen LogP contribution < -0.4 is 10.1 Å². The first kappa shape index (κ1) is 15.4. The van der Waals surface area contributed by atoms with E-state index in [1.165, 1.54) is 0 Å². The van der Waals surface area contributed by atoms with Crippen molar-refractivity contribution in [1.29, 1.82) is 0 Å². The Labute approximate surface area is 124 Å². The molecule has 0 saturated heterocycles. The lowest BCUT2D eigenvalue weighted by molar-refractivity contribution is -0.152. The van der Waals surface area contributed by atoms with Gasteiger partial charge < -0.3 is 14.8 Å². The first-order chi connectivity index (χ1) is 10.2. The van der Waals surface area contributed by atoms with Crippen molar-refractivity contribution >= 4 is 11.9 Å². The Morgan fingerprint density at radius 3 is 2.48 bits per heavy atom. The summed E-state index contributed by atoms with van der Waals surface area (Å²) in [6.07, 6.45) is 3.91. The monoisotopic (exact) mass is 291 g/mol. The zero-order valence-corrected chi connectivity index (χ0v) is 12.3. The van der Waals surface area contributed by atoms with Gasteiger partial charge in [0, 0.05) is 6.54 Å². The SMILES string of the molecule is COc1ccc(CNC(=O)COC(=O)C2CCCC2)cc1. The number of nitrogens with one attached hydrogen (secondary N) is 1. The first-order valence-electron chi connectivity index (χ1n) is 7.25. The van der Waals surface area contributed by atoms with Crippen molar-refractivity contribution in [3.05, 3.63) is 29.8 Å². The lowest BCUT2D eigenvalue weighted by atomic mass is 10.1. The lowest BCUT2D eigenvalue weighted by Crippen LogP contribution is -2.29. The molecule has 2 rings (SSSR count). The topological polar surface area (TPSA) is 64.6 Å². The Bertz CT molecular complexity index is 478. The molecule has 1 aromatic carbocycles. The molecule has 5 heteroatoms. The number of hydrogen-bond acceptors (Lipinski definition) is 4. The maximum Gasteiger partial charge on any atom is 0.309 e. The van der Waals surface area contributed by atoms with Gasteiger partial charge in [-0.1, -0.05) is 25.0 Å². The summed E-state index contributed by atoms with van der Waals surface area (Å²) in [6, 6.07) is 7.43. The molecule has 0 atom stereocenters. The summed E-state index contributed by atoms with van der Waals surface area (Å²) >= 11 is 0. The van der Waals surface area contributed by atoms with Crippen LogP contribution in [0.25, 0.3) is 0 Å². The van der Waals surface area contributed by atoms with E-state index in [9.17, 15) is 9.59 Å². The summed E-state index contributed by atoms with van der Waals surface area (Å²) in [5.74, 6) is 0.235. The van der Waals surface area contributed by atoms with Crippen molar-refractivity contribution in [3.8, 4) is 5.75 Å². The molecule has 0 aromatic heterocycles. The van der Waals surface area contributed by atoms with Crippen molar-refractivity contribution in [2.75, 3.05) is 13.7 Å². The number of ether oxygens (including phenoxy) is 2. The molecule has 21 heavy (non-hydrogen) atoms. The molecule has 0 radical (unpaired) electrons. The van der Waals surface area contributed by atoms with Gasteiger partial charge in [0.05, 0.1) is 13.0 Å².